The standard InChI is InChI=1S/C19H23NO5S/c1-13(2)26(21,22)20-11-14(3)25-17-7-4-15(5-8-17)16-6-9-18-19(10-16)24-12-23-18/h4-10,13-14,20H,11-12H2,1-3H3. The van der Waals surface area contributed by atoms with Crippen molar-refractivity contribution >= 4 is 10.0 Å². The van der Waals surface area contributed by atoms with Crippen LogP contribution in [0.25, 0.3) is 11.1 Å². The molecular weight excluding hydrogens is 354 g/mol. The summed E-state index contributed by atoms with van der Waals surface area (Å²) in [6, 6.07) is 13.5. The van der Waals surface area contributed by atoms with E-state index in [1.807, 2.05) is 49.4 Å². The highest BCUT2D eigenvalue weighted by atomic mass is 32.2. The molecule has 1 atom stereocenters. The van der Waals surface area contributed by atoms with Crippen LogP contribution in [0.15, 0.2) is 42.5 Å². The van der Waals surface area contributed by atoms with E-state index in [-0.39, 0.29) is 19.4 Å². The van der Waals surface area contributed by atoms with Crippen molar-refractivity contribution in [3.8, 4) is 28.4 Å². The Labute approximate surface area is 154 Å². The van der Waals surface area contributed by atoms with Gasteiger partial charge in [0.1, 0.15) is 11.9 Å². The molecule has 0 amide bonds. The van der Waals surface area contributed by atoms with E-state index in [0.29, 0.717) is 5.75 Å². The summed E-state index contributed by atoms with van der Waals surface area (Å²) < 4.78 is 42.6. The van der Waals surface area contributed by atoms with Crippen LogP contribution >= 0.6 is 0 Å². The minimum atomic E-state index is -3.29. The highest BCUT2D eigenvalue weighted by molar-refractivity contribution is 7.90. The summed E-state index contributed by atoms with van der Waals surface area (Å²) in [5.74, 6) is 2.19. The van der Waals surface area contributed by atoms with Crippen molar-refractivity contribution in [1.82, 2.24) is 4.72 Å². The predicted octanol–water partition coefficient (Wildman–Crippen LogP) is 3.18. The fraction of sp³-hybridized carbons (Fsp3) is 0.368. The largest absolute Gasteiger partial charge is 0.489 e. The Morgan fingerprint density at radius 1 is 1.00 bits per heavy atom. The van der Waals surface area contributed by atoms with Crippen molar-refractivity contribution in [3.63, 3.8) is 0 Å². The third-order valence-corrected chi connectivity index (χ3v) is 5.90. The van der Waals surface area contributed by atoms with Gasteiger partial charge < -0.3 is 14.2 Å². The van der Waals surface area contributed by atoms with Crippen LogP contribution in [-0.4, -0.2) is 33.1 Å². The molecule has 140 valence electrons. The molecule has 2 aromatic carbocycles. The first kappa shape index (κ1) is 18.5. The monoisotopic (exact) mass is 377 g/mol. The van der Waals surface area contributed by atoms with Crippen molar-refractivity contribution in [1.29, 1.82) is 0 Å². The lowest BCUT2D eigenvalue weighted by atomic mass is 10.1. The fourth-order valence-electron chi connectivity index (χ4n) is 2.48. The Kier molecular flexibility index (Phi) is 5.38. The summed E-state index contributed by atoms with van der Waals surface area (Å²) in [5.41, 5.74) is 2.06. The van der Waals surface area contributed by atoms with E-state index in [1.165, 1.54) is 0 Å². The van der Waals surface area contributed by atoms with Crippen LogP contribution in [0.3, 0.4) is 0 Å². The fourth-order valence-corrected chi connectivity index (χ4v) is 3.28. The molecule has 0 fully saturated rings. The zero-order valence-corrected chi connectivity index (χ0v) is 15.9. The zero-order chi connectivity index (χ0) is 18.7. The molecule has 2 aromatic rings. The van der Waals surface area contributed by atoms with Crippen molar-refractivity contribution in [2.45, 2.75) is 32.1 Å². The second kappa shape index (κ2) is 7.55. The number of benzene rings is 2. The summed E-state index contributed by atoms with van der Waals surface area (Å²) in [6.07, 6.45) is -0.278. The predicted molar refractivity (Wildman–Crippen MR) is 100 cm³/mol. The summed E-state index contributed by atoms with van der Waals surface area (Å²) in [5, 5.41) is -0.462. The van der Waals surface area contributed by atoms with Gasteiger partial charge >= 0.3 is 0 Å². The average Bonchev–Trinajstić information content (AvgIpc) is 3.08. The van der Waals surface area contributed by atoms with E-state index in [0.717, 1.165) is 22.6 Å². The molecule has 1 aliphatic rings. The molecule has 6 nitrogen and oxygen atoms in total. The smallest absolute Gasteiger partial charge is 0.231 e. The summed E-state index contributed by atoms with van der Waals surface area (Å²) in [4.78, 5) is 0. The molecule has 1 heterocycles. The Morgan fingerprint density at radius 2 is 1.65 bits per heavy atom. The number of sulfonamides is 1. The lowest BCUT2D eigenvalue weighted by molar-refractivity contribution is 0.174. The van der Waals surface area contributed by atoms with Gasteiger partial charge in [0, 0.05) is 6.54 Å². The van der Waals surface area contributed by atoms with Gasteiger partial charge in [-0.25, -0.2) is 13.1 Å². The van der Waals surface area contributed by atoms with Crippen LogP contribution in [-0.2, 0) is 10.0 Å². The van der Waals surface area contributed by atoms with Crippen molar-refractivity contribution < 1.29 is 22.6 Å². The number of fused-ring (bicyclic) bond motifs is 1. The second-order valence-electron chi connectivity index (χ2n) is 6.46. The molecule has 0 saturated heterocycles. The zero-order valence-electron chi connectivity index (χ0n) is 15.1. The van der Waals surface area contributed by atoms with E-state index in [1.54, 1.807) is 13.8 Å². The van der Waals surface area contributed by atoms with Crippen LogP contribution in [0.1, 0.15) is 20.8 Å². The van der Waals surface area contributed by atoms with Crippen LogP contribution in [0.2, 0.25) is 0 Å². The lowest BCUT2D eigenvalue weighted by Gasteiger charge is -2.17. The Balaban J connectivity index is 1.61. The molecular formula is C19H23NO5S. The summed E-state index contributed by atoms with van der Waals surface area (Å²) in [6.45, 7) is 5.59. The van der Waals surface area contributed by atoms with E-state index < -0.39 is 15.3 Å². The maximum Gasteiger partial charge on any atom is 0.231 e. The number of hydrogen-bond acceptors (Lipinski definition) is 5. The Hall–Kier alpha value is -2.25. The maximum atomic E-state index is 11.8. The highest BCUT2D eigenvalue weighted by Gasteiger charge is 2.17. The quantitative estimate of drug-likeness (QED) is 0.802. The third kappa shape index (κ3) is 4.28. The van der Waals surface area contributed by atoms with Gasteiger partial charge in [0.25, 0.3) is 0 Å². The van der Waals surface area contributed by atoms with Gasteiger partial charge in [-0.2, -0.15) is 0 Å². The van der Waals surface area contributed by atoms with Gasteiger partial charge in [-0.1, -0.05) is 18.2 Å². The van der Waals surface area contributed by atoms with Crippen molar-refractivity contribution in [2.24, 2.45) is 0 Å². The van der Waals surface area contributed by atoms with Gasteiger partial charge in [0.15, 0.2) is 11.5 Å². The topological polar surface area (TPSA) is 73.9 Å². The average molecular weight is 377 g/mol. The minimum Gasteiger partial charge on any atom is -0.489 e. The maximum absolute atomic E-state index is 11.8. The van der Waals surface area contributed by atoms with Crippen LogP contribution in [0.5, 0.6) is 17.2 Å². The molecule has 0 spiro atoms. The summed E-state index contributed by atoms with van der Waals surface area (Å²) >= 11 is 0. The lowest BCUT2D eigenvalue weighted by Crippen LogP contribution is -2.37. The number of nitrogens with one attached hydrogen (secondary N) is 1. The molecule has 0 aromatic heterocycles. The number of hydrogen-bond donors (Lipinski definition) is 1. The molecule has 1 aliphatic heterocycles. The van der Waals surface area contributed by atoms with E-state index in [9.17, 15) is 8.42 Å². The molecule has 3 rings (SSSR count). The van der Waals surface area contributed by atoms with Crippen LogP contribution in [0.4, 0.5) is 0 Å². The van der Waals surface area contributed by atoms with Gasteiger partial charge in [0.2, 0.25) is 16.8 Å². The van der Waals surface area contributed by atoms with Crippen LogP contribution in [0, 0.1) is 0 Å². The normalized spacial score (nSPS) is 14.5. The third-order valence-electron chi connectivity index (χ3n) is 4.09. The van der Waals surface area contributed by atoms with E-state index in [2.05, 4.69) is 4.72 Å². The second-order valence-corrected chi connectivity index (χ2v) is 8.78. The highest BCUT2D eigenvalue weighted by Crippen LogP contribution is 2.36. The van der Waals surface area contributed by atoms with E-state index >= 15 is 0 Å². The van der Waals surface area contributed by atoms with Crippen molar-refractivity contribution in [2.75, 3.05) is 13.3 Å². The molecule has 7 heteroatoms. The molecule has 1 N–H and O–H groups in total. The minimum absolute atomic E-state index is 0.227. The molecule has 26 heavy (non-hydrogen) atoms. The Morgan fingerprint density at radius 3 is 2.35 bits per heavy atom. The molecule has 0 bridgehead atoms. The first-order valence-electron chi connectivity index (χ1n) is 8.50. The first-order valence-corrected chi connectivity index (χ1v) is 10.0. The van der Waals surface area contributed by atoms with Crippen LogP contribution < -0.4 is 18.9 Å². The molecule has 1 unspecified atom stereocenters. The molecule has 0 radical (unpaired) electrons. The SMILES string of the molecule is CC(CNS(=O)(=O)C(C)C)Oc1ccc(-c2ccc3c(c2)OCO3)cc1. The Bertz CT molecular complexity index is 862. The van der Waals surface area contributed by atoms with Gasteiger partial charge in [-0.15, -0.1) is 0 Å². The van der Waals surface area contributed by atoms with Gasteiger partial charge in [0.05, 0.1) is 5.25 Å². The summed E-state index contributed by atoms with van der Waals surface area (Å²) in [7, 11) is -3.29. The molecule has 0 aliphatic carbocycles. The number of rotatable bonds is 7. The van der Waals surface area contributed by atoms with Gasteiger partial charge in [-0.3, -0.25) is 0 Å². The first-order chi connectivity index (χ1) is 12.3. The van der Waals surface area contributed by atoms with E-state index in [4.69, 9.17) is 14.2 Å². The van der Waals surface area contributed by atoms with Crippen molar-refractivity contribution in [3.05, 3.63) is 42.5 Å². The van der Waals surface area contributed by atoms with Gasteiger partial charge in [-0.05, 0) is 56.2 Å². The number of ether oxygens (including phenoxy) is 3. The molecule has 0 saturated carbocycles.